The van der Waals surface area contributed by atoms with E-state index in [1.54, 1.807) is 0 Å². The van der Waals surface area contributed by atoms with Gasteiger partial charge in [-0.15, -0.1) is 0 Å². The van der Waals surface area contributed by atoms with Crippen LogP contribution in [0.4, 0.5) is 0 Å². The van der Waals surface area contributed by atoms with Gasteiger partial charge < -0.3 is 20.6 Å². The van der Waals surface area contributed by atoms with Gasteiger partial charge in [0.15, 0.2) is 0 Å². The zero-order valence-corrected chi connectivity index (χ0v) is 25.3. The van der Waals surface area contributed by atoms with Crippen LogP contribution in [0.15, 0.2) is 12.2 Å². The van der Waals surface area contributed by atoms with Crippen molar-refractivity contribution in [1.29, 1.82) is 0 Å². The van der Waals surface area contributed by atoms with Crippen LogP contribution in [0.2, 0.25) is 0 Å². The molecule has 3 atom stereocenters. The van der Waals surface area contributed by atoms with Crippen LogP contribution < -0.4 is 5.32 Å². The van der Waals surface area contributed by atoms with Gasteiger partial charge in [0.2, 0.25) is 5.91 Å². The molecule has 0 saturated heterocycles. The first kappa shape index (κ1) is 37.1. The maximum Gasteiger partial charge on any atom is 0.249 e. The molecule has 0 rings (SSSR count). The largest absolute Gasteiger partial charge is 0.394 e. The van der Waals surface area contributed by atoms with Crippen LogP contribution in [0.3, 0.4) is 0 Å². The number of hydrogen-bond donors (Lipinski definition) is 4. The second-order valence-corrected chi connectivity index (χ2v) is 11.4. The highest BCUT2D eigenvalue weighted by Gasteiger charge is 2.23. The predicted octanol–water partition coefficient (Wildman–Crippen LogP) is 8.14. The van der Waals surface area contributed by atoms with Gasteiger partial charge in [-0.25, -0.2) is 0 Å². The molecule has 0 radical (unpaired) electrons. The molecule has 226 valence electrons. The van der Waals surface area contributed by atoms with E-state index in [2.05, 4.69) is 31.3 Å². The lowest BCUT2D eigenvalue weighted by Crippen LogP contribution is -2.49. The summed E-state index contributed by atoms with van der Waals surface area (Å²) in [6.07, 6.45) is 30.5. The summed E-state index contributed by atoms with van der Waals surface area (Å²) in [6.45, 7) is 4.15. The standard InChI is InChI=1S/C33H65NO4/c1-3-5-7-9-11-13-15-16-17-18-20-21-23-25-27-31(36)30(29-35)34-33(38)32(37)28-26-24-22-19-14-12-10-8-6-4-2/h10,12,30-32,35-37H,3-9,11,13-29H2,1-2H3,(H,34,38)/b12-10-. The summed E-state index contributed by atoms with van der Waals surface area (Å²) in [5.74, 6) is -0.483. The summed E-state index contributed by atoms with van der Waals surface area (Å²) >= 11 is 0. The number of carbonyl (C=O) groups is 1. The Balaban J connectivity index is 3.73. The summed E-state index contributed by atoms with van der Waals surface area (Å²) in [5.41, 5.74) is 0. The van der Waals surface area contributed by atoms with Crippen LogP contribution in [0.25, 0.3) is 0 Å². The Hall–Kier alpha value is -0.910. The molecule has 0 aromatic heterocycles. The number of rotatable bonds is 29. The minimum absolute atomic E-state index is 0.315. The number of aliphatic hydroxyl groups is 3. The lowest BCUT2D eigenvalue weighted by atomic mass is 10.0. The Bertz CT molecular complexity index is 525. The van der Waals surface area contributed by atoms with Gasteiger partial charge in [0.1, 0.15) is 6.10 Å². The van der Waals surface area contributed by atoms with Crippen LogP contribution in [-0.2, 0) is 4.79 Å². The van der Waals surface area contributed by atoms with Crippen molar-refractivity contribution in [2.45, 2.75) is 186 Å². The monoisotopic (exact) mass is 539 g/mol. The summed E-state index contributed by atoms with van der Waals surface area (Å²) in [7, 11) is 0. The van der Waals surface area contributed by atoms with Gasteiger partial charge in [-0.05, 0) is 32.1 Å². The third kappa shape index (κ3) is 24.2. The van der Waals surface area contributed by atoms with Crippen LogP contribution in [0, 0.1) is 0 Å². The lowest BCUT2D eigenvalue weighted by molar-refractivity contribution is -0.131. The van der Waals surface area contributed by atoms with Crippen LogP contribution in [0.1, 0.15) is 168 Å². The Morgan fingerprint density at radius 2 is 1.03 bits per heavy atom. The van der Waals surface area contributed by atoms with E-state index in [-0.39, 0.29) is 6.61 Å². The Morgan fingerprint density at radius 3 is 1.53 bits per heavy atom. The third-order valence-electron chi connectivity index (χ3n) is 7.63. The van der Waals surface area contributed by atoms with E-state index >= 15 is 0 Å². The van der Waals surface area contributed by atoms with E-state index in [0.29, 0.717) is 12.8 Å². The summed E-state index contributed by atoms with van der Waals surface area (Å²) in [4.78, 5) is 12.3. The summed E-state index contributed by atoms with van der Waals surface area (Å²) in [6, 6.07) is -0.710. The minimum Gasteiger partial charge on any atom is -0.394 e. The molecule has 5 heteroatoms. The molecular weight excluding hydrogens is 474 g/mol. The van der Waals surface area contributed by atoms with Crippen molar-refractivity contribution in [2.24, 2.45) is 0 Å². The Kier molecular flexibility index (Phi) is 28.4. The highest BCUT2D eigenvalue weighted by atomic mass is 16.3. The van der Waals surface area contributed by atoms with E-state index in [4.69, 9.17) is 0 Å². The van der Waals surface area contributed by atoms with Gasteiger partial charge in [0, 0.05) is 0 Å². The molecule has 1 amide bonds. The minimum atomic E-state index is -1.08. The molecule has 0 bridgehead atoms. The zero-order valence-electron chi connectivity index (χ0n) is 25.3. The number of hydrogen-bond acceptors (Lipinski definition) is 4. The Labute approximate surface area is 236 Å². The van der Waals surface area contributed by atoms with Gasteiger partial charge in [-0.2, -0.15) is 0 Å². The fourth-order valence-corrected chi connectivity index (χ4v) is 4.93. The number of aliphatic hydroxyl groups excluding tert-OH is 3. The SMILES string of the molecule is CCCC/C=C\CCCCCCC(O)C(=O)NC(CO)C(O)CCCCCCCCCCCCCCCC. The molecule has 0 aliphatic heterocycles. The second-order valence-electron chi connectivity index (χ2n) is 11.4. The van der Waals surface area contributed by atoms with Crippen molar-refractivity contribution in [1.82, 2.24) is 5.32 Å². The number of carbonyl (C=O) groups excluding carboxylic acids is 1. The van der Waals surface area contributed by atoms with Gasteiger partial charge in [-0.3, -0.25) is 4.79 Å². The smallest absolute Gasteiger partial charge is 0.249 e. The second kappa shape index (κ2) is 29.1. The van der Waals surface area contributed by atoms with E-state index in [9.17, 15) is 20.1 Å². The van der Waals surface area contributed by atoms with Crippen molar-refractivity contribution >= 4 is 5.91 Å². The Morgan fingerprint density at radius 1 is 0.605 bits per heavy atom. The highest BCUT2D eigenvalue weighted by Crippen LogP contribution is 2.15. The first-order chi connectivity index (χ1) is 18.6. The highest BCUT2D eigenvalue weighted by molar-refractivity contribution is 5.80. The van der Waals surface area contributed by atoms with Gasteiger partial charge in [0.25, 0.3) is 0 Å². The van der Waals surface area contributed by atoms with Crippen LogP contribution >= 0.6 is 0 Å². The maximum absolute atomic E-state index is 12.3. The quantitative estimate of drug-likeness (QED) is 0.0570. The lowest BCUT2D eigenvalue weighted by Gasteiger charge is -2.23. The van der Waals surface area contributed by atoms with E-state index in [0.717, 1.165) is 44.9 Å². The van der Waals surface area contributed by atoms with E-state index in [1.807, 2.05) is 0 Å². The molecule has 0 aliphatic carbocycles. The molecule has 4 N–H and O–H groups in total. The van der Waals surface area contributed by atoms with Crippen molar-refractivity contribution in [3.63, 3.8) is 0 Å². The molecule has 0 fully saturated rings. The van der Waals surface area contributed by atoms with Crippen molar-refractivity contribution in [2.75, 3.05) is 6.61 Å². The summed E-state index contributed by atoms with van der Waals surface area (Å²) < 4.78 is 0. The molecule has 0 saturated carbocycles. The van der Waals surface area contributed by atoms with Gasteiger partial charge >= 0.3 is 0 Å². The van der Waals surface area contributed by atoms with Crippen LogP contribution in [0.5, 0.6) is 0 Å². The van der Waals surface area contributed by atoms with Gasteiger partial charge in [0.05, 0.1) is 18.8 Å². The first-order valence-electron chi connectivity index (χ1n) is 16.5. The van der Waals surface area contributed by atoms with Crippen molar-refractivity contribution < 1.29 is 20.1 Å². The number of unbranched alkanes of at least 4 members (excludes halogenated alkanes) is 19. The number of amides is 1. The summed E-state index contributed by atoms with van der Waals surface area (Å²) in [5, 5.41) is 32.9. The molecule has 0 heterocycles. The van der Waals surface area contributed by atoms with Crippen LogP contribution in [-0.4, -0.2) is 46.1 Å². The average Bonchev–Trinajstić information content (AvgIpc) is 2.92. The molecule has 0 spiro atoms. The maximum atomic E-state index is 12.3. The fourth-order valence-electron chi connectivity index (χ4n) is 4.93. The molecule has 5 nitrogen and oxygen atoms in total. The molecule has 3 unspecified atom stereocenters. The molecule has 0 aliphatic rings. The molecule has 38 heavy (non-hydrogen) atoms. The molecule has 0 aromatic rings. The molecule has 0 aromatic carbocycles. The van der Waals surface area contributed by atoms with Gasteiger partial charge in [-0.1, -0.05) is 148 Å². The van der Waals surface area contributed by atoms with E-state index < -0.39 is 24.2 Å². The molecular formula is C33H65NO4. The normalized spacial score (nSPS) is 14.1. The van der Waals surface area contributed by atoms with Crippen molar-refractivity contribution in [3.8, 4) is 0 Å². The van der Waals surface area contributed by atoms with E-state index in [1.165, 1.54) is 96.3 Å². The van der Waals surface area contributed by atoms with Crippen molar-refractivity contribution in [3.05, 3.63) is 12.2 Å². The first-order valence-corrected chi connectivity index (χ1v) is 16.5. The third-order valence-corrected chi connectivity index (χ3v) is 7.63. The average molecular weight is 540 g/mol. The predicted molar refractivity (Wildman–Crippen MR) is 162 cm³/mol. The fraction of sp³-hybridized carbons (Fsp3) is 0.909. The number of nitrogens with one attached hydrogen (secondary N) is 1. The number of allylic oxidation sites excluding steroid dienone is 2. The zero-order chi connectivity index (χ0) is 28.1. The topological polar surface area (TPSA) is 89.8 Å².